The summed E-state index contributed by atoms with van der Waals surface area (Å²) >= 11 is 12.6. The Kier molecular flexibility index (Phi) is 8.68. The smallest absolute Gasteiger partial charge is 0.417 e. The standard InChI is InChI=1S/C38H29Cl2F3N6O6/c1-2-55-29-10-6-9-25(31(29)50)30-24-15-16-46-35(53)47(23-7-4-3-5-8-23)36(54)49(46)28(24)18-26-33(51)48(34(52)37(26,30)20-11-13-22(39)14-12-20)45-32-27(40)17-21(19-44-32)38(41,42)43/h3-15,17,19,26,28,30,50H,2,16,18H2,1H3,(H,44,45)/t26-,28+,30+,37+/m0/s1. The minimum Gasteiger partial charge on any atom is -0.504 e. The lowest BCUT2D eigenvalue weighted by molar-refractivity contribution is -0.139. The number of nitrogens with zero attached hydrogens (tertiary/aromatic N) is 5. The first-order valence-electron chi connectivity index (χ1n) is 17.1. The molecule has 12 nitrogen and oxygen atoms in total. The number of halogens is 5. The highest BCUT2D eigenvalue weighted by Gasteiger charge is 2.69. The lowest BCUT2D eigenvalue weighted by atomic mass is 9.53. The molecule has 0 spiro atoms. The van der Waals surface area contributed by atoms with Crippen molar-refractivity contribution >= 4 is 40.8 Å². The molecule has 2 aromatic heterocycles. The molecule has 2 aliphatic heterocycles. The normalized spacial score (nSPS) is 21.8. The van der Waals surface area contributed by atoms with Crippen molar-refractivity contribution < 1.29 is 32.6 Å². The van der Waals surface area contributed by atoms with Gasteiger partial charge in [0.1, 0.15) is 0 Å². The number of nitrogens with one attached hydrogen (secondary N) is 1. The van der Waals surface area contributed by atoms with Crippen LogP contribution < -0.4 is 21.5 Å². The van der Waals surface area contributed by atoms with Crippen LogP contribution in [0.1, 0.15) is 42.0 Å². The molecule has 55 heavy (non-hydrogen) atoms. The summed E-state index contributed by atoms with van der Waals surface area (Å²) in [6.07, 6.45) is -2.72. The SMILES string of the molecule is CCOc1cccc([C@H]2C3=CCn4c(=O)n(-c5ccccc5)c(=O)n4[C@@H]3C[C@H]3C(=O)N(Nc4ncc(C(F)(F)F)cc4Cl)C(=O)[C@@]23c2ccc(Cl)cc2)c1O. The number of phenols is 1. The summed E-state index contributed by atoms with van der Waals surface area (Å²) in [5, 5.41) is 12.3. The summed E-state index contributed by atoms with van der Waals surface area (Å²) in [6.45, 7) is 1.81. The largest absolute Gasteiger partial charge is 0.504 e. The van der Waals surface area contributed by atoms with Crippen molar-refractivity contribution in [3.8, 4) is 17.2 Å². The summed E-state index contributed by atoms with van der Waals surface area (Å²) < 4.78 is 49.7. The highest BCUT2D eigenvalue weighted by atomic mass is 35.5. The maximum absolute atomic E-state index is 15.3. The van der Waals surface area contributed by atoms with Gasteiger partial charge < -0.3 is 9.84 Å². The number of alkyl halides is 3. The fraction of sp³-hybridized carbons (Fsp3) is 0.237. The molecule has 0 unspecified atom stereocenters. The Labute approximate surface area is 319 Å². The predicted octanol–water partition coefficient (Wildman–Crippen LogP) is 6.24. The highest BCUT2D eigenvalue weighted by molar-refractivity contribution is 6.33. The van der Waals surface area contributed by atoms with E-state index in [0.717, 1.165) is 4.57 Å². The molecular weight excluding hydrogens is 764 g/mol. The number of hydrazine groups is 1. The van der Waals surface area contributed by atoms with Gasteiger partial charge in [-0.05, 0) is 60.9 Å². The van der Waals surface area contributed by atoms with E-state index in [9.17, 15) is 32.7 Å². The molecule has 3 aromatic carbocycles. The van der Waals surface area contributed by atoms with Crippen molar-refractivity contribution in [1.29, 1.82) is 0 Å². The zero-order chi connectivity index (χ0) is 39.0. The number of aromatic hydroxyl groups is 1. The molecule has 1 aliphatic carbocycles. The van der Waals surface area contributed by atoms with Gasteiger partial charge in [-0.2, -0.15) is 18.2 Å². The van der Waals surface area contributed by atoms with Crippen LogP contribution in [0.2, 0.25) is 10.0 Å². The molecule has 5 aromatic rings. The van der Waals surface area contributed by atoms with Crippen LogP contribution in [-0.4, -0.2) is 47.5 Å². The van der Waals surface area contributed by atoms with Crippen LogP contribution in [0.3, 0.4) is 0 Å². The van der Waals surface area contributed by atoms with E-state index in [1.54, 1.807) is 85.8 Å². The molecule has 2 amide bonds. The Morgan fingerprint density at radius 3 is 2.38 bits per heavy atom. The van der Waals surface area contributed by atoms with Crippen molar-refractivity contribution in [2.75, 3.05) is 12.0 Å². The fourth-order valence-corrected chi connectivity index (χ4v) is 8.57. The number of hydrogen-bond acceptors (Lipinski definition) is 8. The first-order chi connectivity index (χ1) is 26.3. The zero-order valence-corrected chi connectivity index (χ0v) is 30.1. The molecule has 8 rings (SSSR count). The van der Waals surface area contributed by atoms with Crippen LogP contribution in [0.5, 0.6) is 11.5 Å². The number of carbonyl (C=O) groups excluding carboxylic acids is 2. The monoisotopic (exact) mass is 792 g/mol. The van der Waals surface area contributed by atoms with E-state index in [1.807, 2.05) is 0 Å². The molecule has 3 aliphatic rings. The number of ether oxygens (including phenoxy) is 1. The van der Waals surface area contributed by atoms with Crippen LogP contribution in [0.15, 0.2) is 106 Å². The second-order valence-electron chi connectivity index (χ2n) is 13.2. The molecule has 17 heteroatoms. The molecule has 282 valence electrons. The van der Waals surface area contributed by atoms with Gasteiger partial charge in [-0.25, -0.2) is 28.5 Å². The Morgan fingerprint density at radius 2 is 1.71 bits per heavy atom. The number of hydrogen-bond donors (Lipinski definition) is 2. The van der Waals surface area contributed by atoms with Gasteiger partial charge in [0.2, 0.25) is 0 Å². The maximum Gasteiger partial charge on any atom is 0.417 e. The number of para-hydroxylation sites is 2. The van der Waals surface area contributed by atoms with Gasteiger partial charge >= 0.3 is 17.6 Å². The van der Waals surface area contributed by atoms with E-state index < -0.39 is 69.1 Å². The molecule has 1 saturated heterocycles. The second-order valence-corrected chi connectivity index (χ2v) is 14.1. The van der Waals surface area contributed by atoms with E-state index in [1.165, 1.54) is 9.36 Å². The molecule has 4 atom stereocenters. The molecular formula is C38H29Cl2F3N6O6. The summed E-state index contributed by atoms with van der Waals surface area (Å²) in [6, 6.07) is 18.9. The van der Waals surface area contributed by atoms with E-state index >= 15 is 4.79 Å². The third kappa shape index (κ3) is 5.47. The van der Waals surface area contributed by atoms with Crippen LogP contribution in [0, 0.1) is 5.92 Å². The van der Waals surface area contributed by atoms with Gasteiger partial charge in [0.15, 0.2) is 17.3 Å². The van der Waals surface area contributed by atoms with Crippen LogP contribution >= 0.6 is 23.2 Å². The number of fused-ring (bicyclic) bond motifs is 4. The Hall–Kier alpha value is -5.80. The van der Waals surface area contributed by atoms with Crippen LogP contribution in [0.25, 0.3) is 5.69 Å². The van der Waals surface area contributed by atoms with E-state index in [0.29, 0.717) is 39.1 Å². The van der Waals surface area contributed by atoms with Crippen molar-refractivity contribution in [2.45, 2.75) is 43.4 Å². The van der Waals surface area contributed by atoms with Gasteiger partial charge in [-0.15, -0.1) is 0 Å². The van der Waals surface area contributed by atoms with Crippen molar-refractivity contribution in [1.82, 2.24) is 23.9 Å². The average Bonchev–Trinajstić information content (AvgIpc) is 3.54. The summed E-state index contributed by atoms with van der Waals surface area (Å²) in [7, 11) is 0. The molecule has 4 heterocycles. The highest BCUT2D eigenvalue weighted by Crippen LogP contribution is 2.63. The number of aromatic nitrogens is 4. The number of carbonyl (C=O) groups is 2. The topological polar surface area (TPSA) is 141 Å². The van der Waals surface area contributed by atoms with Gasteiger partial charge in [0, 0.05) is 22.7 Å². The third-order valence-corrected chi connectivity index (χ3v) is 11.0. The number of anilines is 1. The Balaban J connectivity index is 1.37. The van der Waals surface area contributed by atoms with Crippen molar-refractivity contribution in [3.63, 3.8) is 0 Å². The van der Waals surface area contributed by atoms with E-state index in [-0.39, 0.29) is 36.6 Å². The summed E-state index contributed by atoms with van der Waals surface area (Å²) in [5.74, 6) is -4.79. The average molecular weight is 794 g/mol. The van der Waals surface area contributed by atoms with E-state index in [2.05, 4.69) is 10.4 Å². The summed E-state index contributed by atoms with van der Waals surface area (Å²) in [5.41, 5.74) is -0.477. The number of amides is 2. The quantitative estimate of drug-likeness (QED) is 0.146. The van der Waals surface area contributed by atoms with Gasteiger partial charge in [0.25, 0.3) is 11.8 Å². The number of benzene rings is 3. The van der Waals surface area contributed by atoms with Gasteiger partial charge in [-0.1, -0.05) is 71.7 Å². The molecule has 0 radical (unpaired) electrons. The number of imide groups is 1. The molecule has 2 N–H and O–H groups in total. The second kappa shape index (κ2) is 13.2. The van der Waals surface area contributed by atoms with Crippen molar-refractivity contribution in [3.05, 3.63) is 144 Å². The molecule has 2 fully saturated rings. The molecule has 1 saturated carbocycles. The van der Waals surface area contributed by atoms with Gasteiger partial charge in [0.05, 0.1) is 46.8 Å². The minimum atomic E-state index is -4.77. The Bertz CT molecular complexity index is 2530. The third-order valence-electron chi connectivity index (χ3n) is 10.5. The maximum atomic E-state index is 15.3. The van der Waals surface area contributed by atoms with Crippen LogP contribution in [0.4, 0.5) is 19.0 Å². The predicted molar refractivity (Wildman–Crippen MR) is 194 cm³/mol. The van der Waals surface area contributed by atoms with Crippen LogP contribution in [-0.2, 0) is 27.7 Å². The zero-order valence-electron chi connectivity index (χ0n) is 28.6. The number of phenolic OH excluding ortho intramolecular Hbond substituents is 1. The number of rotatable bonds is 7. The Morgan fingerprint density at radius 1 is 0.982 bits per heavy atom. The minimum absolute atomic E-state index is 0.0955. The fourth-order valence-electron chi connectivity index (χ4n) is 8.23. The van der Waals surface area contributed by atoms with Gasteiger partial charge in [-0.3, -0.25) is 15.0 Å². The first-order valence-corrected chi connectivity index (χ1v) is 17.8. The molecule has 0 bridgehead atoms. The lowest BCUT2D eigenvalue weighted by Crippen LogP contribution is -2.53. The number of allylic oxidation sites excluding steroid dienone is 2. The first kappa shape index (κ1) is 36.2. The summed E-state index contributed by atoms with van der Waals surface area (Å²) in [4.78, 5) is 62.1. The van der Waals surface area contributed by atoms with Crippen molar-refractivity contribution in [2.24, 2.45) is 5.92 Å². The number of pyridine rings is 1. The lowest BCUT2D eigenvalue weighted by Gasteiger charge is -2.49. The van der Waals surface area contributed by atoms with E-state index in [4.69, 9.17) is 27.9 Å².